The van der Waals surface area contributed by atoms with Crippen LogP contribution in [0.2, 0.25) is 0 Å². The molecule has 25 heavy (non-hydrogen) atoms. The van der Waals surface area contributed by atoms with Gasteiger partial charge in [-0.25, -0.2) is 4.98 Å². The highest BCUT2D eigenvalue weighted by molar-refractivity contribution is 7.25. The molecule has 1 aliphatic carbocycles. The fraction of sp³-hybridized carbons (Fsp3) is 0.222. The second-order valence-corrected chi connectivity index (χ2v) is 7.44. The summed E-state index contributed by atoms with van der Waals surface area (Å²) in [5, 5.41) is 12.6. The zero-order valence-electron chi connectivity index (χ0n) is 13.6. The number of benzene rings is 1. The van der Waals surface area contributed by atoms with Crippen molar-refractivity contribution in [2.45, 2.75) is 25.8 Å². The number of fused-ring (bicyclic) bond motifs is 3. The SMILES string of the molecule is Cc1ccc(-n2cnc3c(sc4cnnc(NC5CC5)c43)c2=O)cc1. The largest absolute Gasteiger partial charge is 0.365 e. The van der Waals surface area contributed by atoms with Gasteiger partial charge in [-0.2, -0.15) is 5.10 Å². The molecule has 7 heteroatoms. The molecule has 0 saturated heterocycles. The molecule has 0 bridgehead atoms. The van der Waals surface area contributed by atoms with Crippen LogP contribution in [-0.4, -0.2) is 25.8 Å². The minimum atomic E-state index is -0.0626. The van der Waals surface area contributed by atoms with Gasteiger partial charge in [0.15, 0.2) is 5.82 Å². The number of rotatable bonds is 3. The lowest BCUT2D eigenvalue weighted by atomic mass is 10.2. The van der Waals surface area contributed by atoms with Gasteiger partial charge >= 0.3 is 0 Å². The monoisotopic (exact) mass is 349 g/mol. The van der Waals surface area contributed by atoms with E-state index in [0.29, 0.717) is 16.3 Å². The first-order valence-corrected chi connectivity index (χ1v) is 9.01. The number of anilines is 1. The highest BCUT2D eigenvalue weighted by Crippen LogP contribution is 2.35. The van der Waals surface area contributed by atoms with E-state index in [1.165, 1.54) is 11.3 Å². The summed E-state index contributed by atoms with van der Waals surface area (Å²) >= 11 is 1.42. The van der Waals surface area contributed by atoms with Crippen LogP contribution < -0.4 is 10.9 Å². The Morgan fingerprint density at radius 1 is 1.24 bits per heavy atom. The summed E-state index contributed by atoms with van der Waals surface area (Å²) in [6.07, 6.45) is 5.60. The van der Waals surface area contributed by atoms with Gasteiger partial charge in [0, 0.05) is 6.04 Å². The number of hydrogen-bond donors (Lipinski definition) is 1. The van der Waals surface area contributed by atoms with Gasteiger partial charge in [0.1, 0.15) is 16.5 Å². The first kappa shape index (κ1) is 14.5. The first-order valence-electron chi connectivity index (χ1n) is 8.20. The van der Waals surface area contributed by atoms with E-state index < -0.39 is 0 Å². The molecule has 124 valence electrons. The molecule has 6 nitrogen and oxygen atoms in total. The molecule has 0 unspecified atom stereocenters. The molecule has 0 atom stereocenters. The number of nitrogens with one attached hydrogen (secondary N) is 1. The summed E-state index contributed by atoms with van der Waals surface area (Å²) in [6, 6.07) is 8.30. The molecule has 4 aromatic rings. The predicted molar refractivity (Wildman–Crippen MR) is 99.7 cm³/mol. The van der Waals surface area contributed by atoms with Gasteiger partial charge in [-0.15, -0.1) is 16.4 Å². The molecule has 1 aromatic carbocycles. The Kier molecular flexibility index (Phi) is 3.11. The van der Waals surface area contributed by atoms with Gasteiger partial charge < -0.3 is 5.32 Å². The minimum Gasteiger partial charge on any atom is -0.365 e. The van der Waals surface area contributed by atoms with E-state index in [1.807, 2.05) is 31.2 Å². The summed E-state index contributed by atoms with van der Waals surface area (Å²) in [5.74, 6) is 0.728. The summed E-state index contributed by atoms with van der Waals surface area (Å²) in [5.41, 5.74) is 2.61. The van der Waals surface area contributed by atoms with Gasteiger partial charge in [-0.3, -0.25) is 9.36 Å². The van der Waals surface area contributed by atoms with E-state index in [4.69, 9.17) is 0 Å². The summed E-state index contributed by atoms with van der Waals surface area (Å²) < 4.78 is 3.15. The second-order valence-electron chi connectivity index (χ2n) is 6.39. The Hall–Kier alpha value is -2.80. The van der Waals surface area contributed by atoms with Crippen LogP contribution in [0, 0.1) is 6.92 Å². The predicted octanol–water partition coefficient (Wildman–Crippen LogP) is 3.27. The average molecular weight is 349 g/mol. The number of thiophene rings is 1. The maximum Gasteiger partial charge on any atom is 0.275 e. The van der Waals surface area contributed by atoms with Crippen molar-refractivity contribution < 1.29 is 0 Å². The normalized spacial score (nSPS) is 14.3. The maximum absolute atomic E-state index is 13.0. The van der Waals surface area contributed by atoms with E-state index >= 15 is 0 Å². The van der Waals surface area contributed by atoms with E-state index in [-0.39, 0.29) is 5.56 Å². The highest BCUT2D eigenvalue weighted by atomic mass is 32.1. The molecule has 0 aliphatic heterocycles. The Morgan fingerprint density at radius 2 is 2.04 bits per heavy atom. The first-order chi connectivity index (χ1) is 12.2. The third-order valence-electron chi connectivity index (χ3n) is 4.43. The van der Waals surface area contributed by atoms with Crippen molar-refractivity contribution in [1.82, 2.24) is 19.7 Å². The van der Waals surface area contributed by atoms with Gasteiger partial charge in [0.25, 0.3) is 5.56 Å². The average Bonchev–Trinajstić information content (AvgIpc) is 3.34. The lowest BCUT2D eigenvalue weighted by Crippen LogP contribution is -2.17. The molecule has 1 fully saturated rings. The smallest absolute Gasteiger partial charge is 0.275 e. The van der Waals surface area contributed by atoms with E-state index in [1.54, 1.807) is 17.1 Å². The highest BCUT2D eigenvalue weighted by Gasteiger charge is 2.24. The van der Waals surface area contributed by atoms with Crippen LogP contribution >= 0.6 is 11.3 Å². The molecule has 0 spiro atoms. The summed E-state index contributed by atoms with van der Waals surface area (Å²) in [7, 11) is 0. The third-order valence-corrected chi connectivity index (χ3v) is 5.53. The molecule has 3 aromatic heterocycles. The number of aryl methyl sites for hydroxylation is 1. The van der Waals surface area contributed by atoms with E-state index in [2.05, 4.69) is 20.5 Å². The van der Waals surface area contributed by atoms with Gasteiger partial charge in [0.05, 0.1) is 22.0 Å². The fourth-order valence-corrected chi connectivity index (χ4v) is 3.96. The number of nitrogens with zero attached hydrogens (tertiary/aromatic N) is 4. The Bertz CT molecular complexity index is 1160. The van der Waals surface area contributed by atoms with Crippen molar-refractivity contribution in [2.75, 3.05) is 5.32 Å². The van der Waals surface area contributed by atoms with Crippen LogP contribution in [0.4, 0.5) is 5.82 Å². The van der Waals surface area contributed by atoms with Crippen LogP contribution in [-0.2, 0) is 0 Å². The van der Waals surface area contributed by atoms with Crippen molar-refractivity contribution in [1.29, 1.82) is 0 Å². The summed E-state index contributed by atoms with van der Waals surface area (Å²) in [6.45, 7) is 2.02. The van der Waals surface area contributed by atoms with Crippen molar-refractivity contribution in [3.63, 3.8) is 0 Å². The fourth-order valence-electron chi connectivity index (χ4n) is 2.91. The molecular formula is C18H15N5OS. The van der Waals surface area contributed by atoms with Crippen LogP contribution in [0.25, 0.3) is 26.0 Å². The molecular weight excluding hydrogens is 334 g/mol. The minimum absolute atomic E-state index is 0.0626. The molecule has 1 aliphatic rings. The van der Waals surface area contributed by atoms with Crippen molar-refractivity contribution in [3.8, 4) is 5.69 Å². The van der Waals surface area contributed by atoms with Crippen molar-refractivity contribution in [2.24, 2.45) is 0 Å². The second kappa shape index (κ2) is 5.35. The van der Waals surface area contributed by atoms with Crippen LogP contribution in [0.15, 0.2) is 41.6 Å². The topological polar surface area (TPSA) is 72.7 Å². The lowest BCUT2D eigenvalue weighted by Gasteiger charge is -2.06. The summed E-state index contributed by atoms with van der Waals surface area (Å²) in [4.78, 5) is 17.6. The maximum atomic E-state index is 13.0. The molecule has 1 N–H and O–H groups in total. The van der Waals surface area contributed by atoms with Crippen LogP contribution in [0.5, 0.6) is 0 Å². The van der Waals surface area contributed by atoms with Gasteiger partial charge in [0.2, 0.25) is 0 Å². The van der Waals surface area contributed by atoms with E-state index in [0.717, 1.165) is 40.0 Å². The molecule has 0 radical (unpaired) electrons. The molecule has 1 saturated carbocycles. The Balaban J connectivity index is 1.74. The number of aromatic nitrogens is 4. The Morgan fingerprint density at radius 3 is 2.80 bits per heavy atom. The van der Waals surface area contributed by atoms with Crippen molar-refractivity contribution in [3.05, 3.63) is 52.7 Å². The zero-order chi connectivity index (χ0) is 17.0. The molecule has 5 rings (SSSR count). The standard InChI is InChI=1S/C18H15N5OS/c1-10-2-6-12(7-3-10)23-9-19-15-14-13(25-16(15)18(23)24)8-20-22-17(14)21-11-4-5-11/h2-3,6-9,11H,4-5H2,1H3,(H,21,22). The number of hydrogen-bond acceptors (Lipinski definition) is 6. The zero-order valence-corrected chi connectivity index (χ0v) is 14.4. The van der Waals surface area contributed by atoms with Gasteiger partial charge in [-0.1, -0.05) is 17.7 Å². The quantitative estimate of drug-likeness (QED) is 0.614. The van der Waals surface area contributed by atoms with Crippen molar-refractivity contribution >= 4 is 37.5 Å². The molecule has 0 amide bonds. The third kappa shape index (κ3) is 2.39. The lowest BCUT2D eigenvalue weighted by molar-refractivity contribution is 0.966. The van der Waals surface area contributed by atoms with E-state index in [9.17, 15) is 4.79 Å². The Labute approximate surface area is 147 Å². The van der Waals surface area contributed by atoms with Gasteiger partial charge in [-0.05, 0) is 31.9 Å². The van der Waals surface area contributed by atoms with Crippen LogP contribution in [0.1, 0.15) is 18.4 Å². The molecule has 3 heterocycles. The van der Waals surface area contributed by atoms with Crippen LogP contribution in [0.3, 0.4) is 0 Å².